The minimum absolute atomic E-state index is 0.0992. The molecule has 3 aliphatic rings. The monoisotopic (exact) mass is 382 g/mol. The Morgan fingerprint density at radius 1 is 1.00 bits per heavy atom. The molecule has 0 aromatic heterocycles. The topological polar surface area (TPSA) is 57.7 Å². The van der Waals surface area contributed by atoms with E-state index in [4.69, 9.17) is 0 Å². The number of benzene rings is 2. The Labute approximate surface area is 159 Å². The van der Waals surface area contributed by atoms with E-state index in [1.807, 2.05) is 36.1 Å². The molecule has 3 heterocycles. The normalized spacial score (nSPS) is 21.2. The molecule has 0 aliphatic carbocycles. The lowest BCUT2D eigenvalue weighted by Gasteiger charge is -2.36. The molecule has 5 nitrogen and oxygen atoms in total. The van der Waals surface area contributed by atoms with Crippen LogP contribution in [0.5, 0.6) is 0 Å². The summed E-state index contributed by atoms with van der Waals surface area (Å²) in [5.41, 5.74) is 4.81. The SMILES string of the molecule is C[C@@H]1Cc2ccccc2N1S(=O)(=O)c1cc2c3c(c1)CCC(=O)N3CCC2. The van der Waals surface area contributed by atoms with Crippen LogP contribution in [0.1, 0.15) is 36.5 Å². The summed E-state index contributed by atoms with van der Waals surface area (Å²) in [4.78, 5) is 14.5. The average molecular weight is 382 g/mol. The molecule has 1 amide bonds. The number of hydrogen-bond donors (Lipinski definition) is 0. The highest BCUT2D eigenvalue weighted by Gasteiger charge is 2.38. The Kier molecular flexibility index (Phi) is 3.63. The van der Waals surface area contributed by atoms with Crippen molar-refractivity contribution in [3.05, 3.63) is 53.1 Å². The smallest absolute Gasteiger partial charge is 0.264 e. The molecule has 0 N–H and O–H groups in total. The van der Waals surface area contributed by atoms with Crippen LogP contribution in [0.15, 0.2) is 41.3 Å². The van der Waals surface area contributed by atoms with Crippen molar-refractivity contribution in [1.29, 1.82) is 0 Å². The van der Waals surface area contributed by atoms with Crippen LogP contribution in [0.3, 0.4) is 0 Å². The lowest BCUT2D eigenvalue weighted by molar-refractivity contribution is -0.119. The molecular weight excluding hydrogens is 360 g/mol. The van der Waals surface area contributed by atoms with Crippen molar-refractivity contribution in [3.63, 3.8) is 0 Å². The fourth-order valence-corrected chi connectivity index (χ4v) is 6.58. The number of para-hydroxylation sites is 1. The van der Waals surface area contributed by atoms with Crippen molar-refractivity contribution in [1.82, 2.24) is 0 Å². The van der Waals surface area contributed by atoms with Crippen LogP contribution in [-0.2, 0) is 34.1 Å². The van der Waals surface area contributed by atoms with Gasteiger partial charge >= 0.3 is 0 Å². The fraction of sp³-hybridized carbons (Fsp3) is 0.381. The van der Waals surface area contributed by atoms with Gasteiger partial charge in [0.1, 0.15) is 0 Å². The lowest BCUT2D eigenvalue weighted by atomic mass is 9.92. The fourth-order valence-electron chi connectivity index (χ4n) is 4.79. The predicted molar refractivity (Wildman–Crippen MR) is 105 cm³/mol. The van der Waals surface area contributed by atoms with E-state index in [0.717, 1.165) is 53.9 Å². The van der Waals surface area contributed by atoms with Crippen molar-refractivity contribution >= 4 is 27.3 Å². The molecule has 2 aromatic carbocycles. The molecule has 3 aliphatic heterocycles. The van der Waals surface area contributed by atoms with E-state index in [-0.39, 0.29) is 11.9 Å². The van der Waals surface area contributed by atoms with Crippen LogP contribution < -0.4 is 9.21 Å². The number of nitrogens with zero attached hydrogens (tertiary/aromatic N) is 2. The van der Waals surface area contributed by atoms with Gasteiger partial charge in [0.05, 0.1) is 16.3 Å². The van der Waals surface area contributed by atoms with Crippen LogP contribution in [0.25, 0.3) is 0 Å². The van der Waals surface area contributed by atoms with E-state index in [9.17, 15) is 13.2 Å². The molecular formula is C21H22N2O3S. The highest BCUT2D eigenvalue weighted by atomic mass is 32.2. The van der Waals surface area contributed by atoms with Gasteiger partial charge in [-0.25, -0.2) is 8.42 Å². The Morgan fingerprint density at radius 3 is 2.56 bits per heavy atom. The molecule has 5 rings (SSSR count). The maximum atomic E-state index is 13.6. The molecule has 0 bridgehead atoms. The molecule has 0 spiro atoms. The van der Waals surface area contributed by atoms with Crippen LogP contribution in [-0.4, -0.2) is 26.9 Å². The molecule has 0 unspecified atom stereocenters. The Bertz CT molecular complexity index is 1040. The number of anilines is 2. The van der Waals surface area contributed by atoms with Gasteiger partial charge in [0, 0.05) is 19.0 Å². The second-order valence-corrected chi connectivity index (χ2v) is 9.54. The summed E-state index contributed by atoms with van der Waals surface area (Å²) in [7, 11) is -3.64. The van der Waals surface area contributed by atoms with Gasteiger partial charge in [-0.15, -0.1) is 0 Å². The van der Waals surface area contributed by atoms with Crippen LogP contribution in [0.4, 0.5) is 11.4 Å². The summed E-state index contributed by atoms with van der Waals surface area (Å²) in [6, 6.07) is 11.2. The molecule has 6 heteroatoms. The van der Waals surface area contributed by atoms with Crippen molar-refractivity contribution in [2.45, 2.75) is 50.0 Å². The molecule has 0 saturated carbocycles. The van der Waals surface area contributed by atoms with E-state index >= 15 is 0 Å². The number of hydrogen-bond acceptors (Lipinski definition) is 3. The minimum Gasteiger partial charge on any atom is -0.312 e. The summed E-state index contributed by atoms with van der Waals surface area (Å²) < 4.78 is 28.7. The number of sulfonamides is 1. The molecule has 140 valence electrons. The first-order chi connectivity index (χ1) is 13.0. The maximum Gasteiger partial charge on any atom is 0.264 e. The van der Waals surface area contributed by atoms with Crippen LogP contribution in [0.2, 0.25) is 0 Å². The van der Waals surface area contributed by atoms with Gasteiger partial charge in [0.25, 0.3) is 10.0 Å². The first-order valence-electron chi connectivity index (χ1n) is 9.55. The average Bonchev–Trinajstić information content (AvgIpc) is 3.00. The van der Waals surface area contributed by atoms with Crippen molar-refractivity contribution < 1.29 is 13.2 Å². The van der Waals surface area contributed by atoms with Gasteiger partial charge in [0.15, 0.2) is 0 Å². The molecule has 27 heavy (non-hydrogen) atoms. The number of carbonyl (C=O) groups is 1. The first kappa shape index (κ1) is 16.8. The Balaban J connectivity index is 1.64. The first-order valence-corrected chi connectivity index (χ1v) is 11.0. The van der Waals surface area contributed by atoms with E-state index in [2.05, 4.69) is 0 Å². The molecule has 0 fully saturated rings. The van der Waals surface area contributed by atoms with Gasteiger partial charge < -0.3 is 4.90 Å². The molecule has 0 saturated heterocycles. The number of rotatable bonds is 2. The third-order valence-electron chi connectivity index (χ3n) is 5.95. The number of amides is 1. The summed E-state index contributed by atoms with van der Waals surface area (Å²) in [6.07, 6.45) is 3.51. The highest BCUT2D eigenvalue weighted by Crippen LogP contribution is 2.41. The second kappa shape index (κ2) is 5.83. The molecule has 2 aromatic rings. The summed E-state index contributed by atoms with van der Waals surface area (Å²) >= 11 is 0. The largest absolute Gasteiger partial charge is 0.312 e. The third-order valence-corrected chi connectivity index (χ3v) is 7.86. The lowest BCUT2D eigenvalue weighted by Crippen LogP contribution is -2.40. The van der Waals surface area contributed by atoms with E-state index < -0.39 is 10.0 Å². The number of aryl methyl sites for hydroxylation is 2. The van der Waals surface area contributed by atoms with Crippen molar-refractivity contribution in [3.8, 4) is 0 Å². The van der Waals surface area contributed by atoms with Crippen LogP contribution >= 0.6 is 0 Å². The van der Waals surface area contributed by atoms with Gasteiger partial charge in [-0.1, -0.05) is 18.2 Å². The predicted octanol–water partition coefficient (Wildman–Crippen LogP) is 3.05. The summed E-state index contributed by atoms with van der Waals surface area (Å²) in [5, 5.41) is 0. The molecule has 0 radical (unpaired) electrons. The number of fused-ring (bicyclic) bond motifs is 1. The Morgan fingerprint density at radius 2 is 1.74 bits per heavy atom. The van der Waals surface area contributed by atoms with E-state index in [1.165, 1.54) is 0 Å². The summed E-state index contributed by atoms with van der Waals surface area (Å²) in [6.45, 7) is 2.70. The zero-order chi connectivity index (χ0) is 18.8. The van der Waals surface area contributed by atoms with Gasteiger partial charge in [-0.05, 0) is 67.5 Å². The minimum atomic E-state index is -3.64. The van der Waals surface area contributed by atoms with E-state index in [1.54, 1.807) is 16.4 Å². The van der Waals surface area contributed by atoms with Gasteiger partial charge in [0.2, 0.25) is 5.91 Å². The van der Waals surface area contributed by atoms with E-state index in [0.29, 0.717) is 17.7 Å². The second-order valence-electron chi connectivity index (χ2n) is 7.72. The zero-order valence-electron chi connectivity index (χ0n) is 15.3. The summed E-state index contributed by atoms with van der Waals surface area (Å²) in [5.74, 6) is 0.154. The number of carbonyl (C=O) groups excluding carboxylic acids is 1. The standard InChI is InChI=1S/C21H22N2O3S/c1-14-11-15-5-2-3-7-19(15)23(14)27(25,26)18-12-16-6-4-10-22-20(24)9-8-17(13-18)21(16)22/h2-3,5,7,12-14H,4,6,8-11H2,1H3/t14-/m1/s1. The Hall–Kier alpha value is -2.34. The zero-order valence-corrected chi connectivity index (χ0v) is 16.1. The van der Waals surface area contributed by atoms with Crippen molar-refractivity contribution in [2.75, 3.05) is 15.7 Å². The van der Waals surface area contributed by atoms with Crippen molar-refractivity contribution in [2.24, 2.45) is 0 Å². The maximum absolute atomic E-state index is 13.6. The third kappa shape index (κ3) is 2.42. The van der Waals surface area contributed by atoms with Gasteiger partial charge in [-0.2, -0.15) is 0 Å². The van der Waals surface area contributed by atoms with Crippen LogP contribution in [0, 0.1) is 0 Å². The quantitative estimate of drug-likeness (QED) is 0.802. The molecule has 1 atom stereocenters. The highest BCUT2D eigenvalue weighted by molar-refractivity contribution is 7.92. The van der Waals surface area contributed by atoms with Gasteiger partial charge in [-0.3, -0.25) is 9.10 Å².